The van der Waals surface area contributed by atoms with Crippen molar-refractivity contribution in [2.45, 2.75) is 39.0 Å². The maximum Gasteiger partial charge on any atom is 0.303 e. The molecule has 2 rings (SSSR count). The minimum Gasteiger partial charge on any atom is -0.481 e. The van der Waals surface area contributed by atoms with E-state index >= 15 is 0 Å². The molecule has 0 amide bonds. The molecule has 20 heavy (non-hydrogen) atoms. The summed E-state index contributed by atoms with van der Waals surface area (Å²) in [7, 11) is 0. The van der Waals surface area contributed by atoms with Crippen LogP contribution in [0.1, 0.15) is 38.6 Å². The average Bonchev–Trinajstić information content (AvgIpc) is 2.86. The van der Waals surface area contributed by atoms with Crippen LogP contribution in [0.5, 0.6) is 0 Å². The molecule has 0 aliphatic heterocycles. The highest BCUT2D eigenvalue weighted by atomic mass is 16.4. The Labute approximate surface area is 117 Å². The van der Waals surface area contributed by atoms with E-state index in [1.165, 1.54) is 0 Å². The van der Waals surface area contributed by atoms with Crippen LogP contribution < -0.4 is 0 Å². The third-order valence-electron chi connectivity index (χ3n) is 2.92. The molecule has 6 nitrogen and oxygen atoms in total. The fourth-order valence-corrected chi connectivity index (χ4v) is 1.92. The molecule has 1 aromatic carbocycles. The number of carboxylic acids is 1. The number of carboxylic acid groups (broad SMARTS) is 1. The van der Waals surface area contributed by atoms with Crippen molar-refractivity contribution in [2.75, 3.05) is 0 Å². The second-order valence-corrected chi connectivity index (χ2v) is 5.73. The molecule has 0 spiro atoms. The summed E-state index contributed by atoms with van der Waals surface area (Å²) >= 11 is 0. The van der Waals surface area contributed by atoms with Crippen molar-refractivity contribution in [3.05, 3.63) is 35.7 Å². The van der Waals surface area contributed by atoms with Crippen LogP contribution in [0.25, 0.3) is 5.69 Å². The van der Waals surface area contributed by atoms with E-state index in [0.717, 1.165) is 17.1 Å². The molecule has 0 bridgehead atoms. The highest BCUT2D eigenvalue weighted by Crippen LogP contribution is 2.22. The smallest absolute Gasteiger partial charge is 0.303 e. The van der Waals surface area contributed by atoms with Crippen molar-refractivity contribution in [2.24, 2.45) is 0 Å². The number of rotatable bonds is 4. The fourth-order valence-electron chi connectivity index (χ4n) is 1.92. The molecule has 0 unspecified atom stereocenters. The van der Waals surface area contributed by atoms with Gasteiger partial charge in [-0.15, -0.1) is 5.10 Å². The molecule has 2 aromatic rings. The number of aryl methyl sites for hydroxylation is 1. The van der Waals surface area contributed by atoms with Gasteiger partial charge in [0.1, 0.15) is 0 Å². The summed E-state index contributed by atoms with van der Waals surface area (Å²) in [5.74, 6) is -0.0268. The fraction of sp³-hybridized carbons (Fsp3) is 0.429. The summed E-state index contributed by atoms with van der Waals surface area (Å²) in [4.78, 5) is 10.6. The monoisotopic (exact) mass is 274 g/mol. The first-order valence-corrected chi connectivity index (χ1v) is 6.48. The Morgan fingerprint density at radius 1 is 1.35 bits per heavy atom. The van der Waals surface area contributed by atoms with Crippen LogP contribution in [0, 0.1) is 0 Å². The zero-order valence-corrected chi connectivity index (χ0v) is 11.9. The van der Waals surface area contributed by atoms with E-state index in [1.807, 2.05) is 45.0 Å². The first-order chi connectivity index (χ1) is 9.38. The van der Waals surface area contributed by atoms with Gasteiger partial charge in [0, 0.05) is 11.8 Å². The molecular weight excluding hydrogens is 256 g/mol. The van der Waals surface area contributed by atoms with E-state index in [-0.39, 0.29) is 11.8 Å². The molecule has 0 radical (unpaired) electrons. The molecule has 0 saturated heterocycles. The van der Waals surface area contributed by atoms with Crippen LogP contribution >= 0.6 is 0 Å². The van der Waals surface area contributed by atoms with Crippen molar-refractivity contribution in [1.29, 1.82) is 0 Å². The summed E-state index contributed by atoms with van der Waals surface area (Å²) in [6, 6.07) is 7.64. The normalized spacial score (nSPS) is 11.6. The van der Waals surface area contributed by atoms with Crippen molar-refractivity contribution in [3.8, 4) is 5.69 Å². The molecule has 1 aromatic heterocycles. The lowest BCUT2D eigenvalue weighted by molar-refractivity contribution is -0.136. The number of carbonyl (C=O) groups is 1. The largest absolute Gasteiger partial charge is 0.481 e. The molecular formula is C14H18N4O2. The Morgan fingerprint density at radius 3 is 2.75 bits per heavy atom. The maximum absolute atomic E-state index is 10.6. The lowest BCUT2D eigenvalue weighted by Gasteiger charge is -2.17. The quantitative estimate of drug-likeness (QED) is 0.922. The standard InChI is InChI=1S/C14H18N4O2/c1-14(2,3)13-15-16-17-18(13)11-6-4-5-10(9-11)7-8-12(19)20/h4-6,9H,7-8H2,1-3H3,(H,19,20). The van der Waals surface area contributed by atoms with Crippen LogP contribution in [0.4, 0.5) is 0 Å². The molecule has 1 N–H and O–H groups in total. The van der Waals surface area contributed by atoms with E-state index < -0.39 is 5.97 Å². The summed E-state index contributed by atoms with van der Waals surface area (Å²) < 4.78 is 1.70. The minimum atomic E-state index is -0.798. The van der Waals surface area contributed by atoms with Crippen LogP contribution in [-0.4, -0.2) is 31.3 Å². The number of aromatic nitrogens is 4. The third-order valence-corrected chi connectivity index (χ3v) is 2.92. The van der Waals surface area contributed by atoms with Crippen LogP contribution in [0.15, 0.2) is 24.3 Å². The van der Waals surface area contributed by atoms with E-state index in [2.05, 4.69) is 15.5 Å². The second kappa shape index (κ2) is 5.40. The number of hydrogen-bond acceptors (Lipinski definition) is 4. The van der Waals surface area contributed by atoms with Crippen molar-refractivity contribution in [3.63, 3.8) is 0 Å². The van der Waals surface area contributed by atoms with Gasteiger partial charge in [0.05, 0.1) is 5.69 Å². The Bertz CT molecular complexity index is 614. The lowest BCUT2D eigenvalue weighted by atomic mass is 9.95. The highest BCUT2D eigenvalue weighted by Gasteiger charge is 2.22. The number of hydrogen-bond donors (Lipinski definition) is 1. The Morgan fingerprint density at radius 2 is 2.10 bits per heavy atom. The van der Waals surface area contributed by atoms with Gasteiger partial charge in [0.25, 0.3) is 0 Å². The zero-order valence-electron chi connectivity index (χ0n) is 11.9. The maximum atomic E-state index is 10.6. The zero-order chi connectivity index (χ0) is 14.8. The van der Waals surface area contributed by atoms with E-state index in [9.17, 15) is 4.79 Å². The predicted octanol–water partition coefficient (Wildman–Crippen LogP) is 1.98. The molecule has 0 saturated carbocycles. The molecule has 106 valence electrons. The van der Waals surface area contributed by atoms with Gasteiger partial charge in [0.2, 0.25) is 0 Å². The summed E-state index contributed by atoms with van der Waals surface area (Å²) in [5, 5.41) is 20.6. The number of benzene rings is 1. The second-order valence-electron chi connectivity index (χ2n) is 5.73. The van der Waals surface area contributed by atoms with Gasteiger partial charge in [0.15, 0.2) is 5.82 Å². The first-order valence-electron chi connectivity index (χ1n) is 6.48. The molecule has 0 fully saturated rings. The molecule has 6 heteroatoms. The van der Waals surface area contributed by atoms with Crippen LogP contribution in [0.3, 0.4) is 0 Å². The van der Waals surface area contributed by atoms with E-state index in [4.69, 9.17) is 5.11 Å². The third kappa shape index (κ3) is 3.20. The summed E-state index contributed by atoms with van der Waals surface area (Å²) in [6.07, 6.45) is 0.612. The number of aliphatic carboxylic acids is 1. The molecule has 0 aliphatic rings. The average molecular weight is 274 g/mol. The summed E-state index contributed by atoms with van der Waals surface area (Å²) in [5.41, 5.74) is 1.64. The van der Waals surface area contributed by atoms with Gasteiger partial charge in [-0.05, 0) is 34.5 Å². The first kappa shape index (κ1) is 14.2. The molecule has 0 aliphatic carbocycles. The Hall–Kier alpha value is -2.24. The van der Waals surface area contributed by atoms with Gasteiger partial charge in [-0.2, -0.15) is 4.68 Å². The van der Waals surface area contributed by atoms with Gasteiger partial charge in [-0.25, -0.2) is 0 Å². The van der Waals surface area contributed by atoms with Crippen molar-refractivity contribution >= 4 is 5.97 Å². The van der Waals surface area contributed by atoms with Gasteiger partial charge in [-0.3, -0.25) is 4.79 Å². The number of nitrogens with zero attached hydrogens (tertiary/aromatic N) is 4. The van der Waals surface area contributed by atoms with Crippen molar-refractivity contribution in [1.82, 2.24) is 20.2 Å². The highest BCUT2D eigenvalue weighted by molar-refractivity contribution is 5.67. The van der Waals surface area contributed by atoms with Gasteiger partial charge in [-0.1, -0.05) is 32.9 Å². The van der Waals surface area contributed by atoms with E-state index in [0.29, 0.717) is 6.42 Å². The number of tetrazole rings is 1. The van der Waals surface area contributed by atoms with Crippen LogP contribution in [-0.2, 0) is 16.6 Å². The van der Waals surface area contributed by atoms with Gasteiger partial charge < -0.3 is 5.11 Å². The van der Waals surface area contributed by atoms with E-state index in [1.54, 1.807) is 4.68 Å². The predicted molar refractivity (Wildman–Crippen MR) is 73.8 cm³/mol. The minimum absolute atomic E-state index is 0.116. The Balaban J connectivity index is 2.32. The molecule has 0 atom stereocenters. The van der Waals surface area contributed by atoms with Crippen molar-refractivity contribution < 1.29 is 9.90 Å². The molecule has 1 heterocycles. The SMILES string of the molecule is CC(C)(C)c1nnnn1-c1cccc(CCC(=O)O)c1. The Kier molecular flexibility index (Phi) is 3.83. The van der Waals surface area contributed by atoms with Gasteiger partial charge >= 0.3 is 5.97 Å². The van der Waals surface area contributed by atoms with Crippen LogP contribution in [0.2, 0.25) is 0 Å². The lowest BCUT2D eigenvalue weighted by Crippen LogP contribution is -2.19. The topological polar surface area (TPSA) is 80.9 Å². The summed E-state index contributed by atoms with van der Waals surface area (Å²) in [6.45, 7) is 6.14.